The third-order valence-electron chi connectivity index (χ3n) is 14.5. The van der Waals surface area contributed by atoms with Crippen LogP contribution in [0.1, 0.15) is 89.0 Å². The first kappa shape index (κ1) is 33.9. The van der Waals surface area contributed by atoms with Crippen molar-refractivity contribution >= 4 is 0 Å². The number of fused-ring (bicyclic) bond motifs is 8. The lowest BCUT2D eigenvalue weighted by atomic mass is 9.65. The molecule has 0 saturated heterocycles. The van der Waals surface area contributed by atoms with Crippen LogP contribution in [-0.2, 0) is 36.5 Å². The van der Waals surface area contributed by atoms with E-state index in [4.69, 9.17) is 0 Å². The first-order valence-electron chi connectivity index (χ1n) is 21.2. The maximum absolute atomic E-state index is 2.57. The summed E-state index contributed by atoms with van der Waals surface area (Å²) in [5.41, 5.74) is 29.1. The molecule has 8 aromatic rings. The number of hydrogen-bond donors (Lipinski definition) is 0. The lowest BCUT2D eigenvalue weighted by molar-refractivity contribution is 0.739. The molecule has 12 rings (SSSR count). The van der Waals surface area contributed by atoms with E-state index in [0.717, 1.165) is 12.8 Å². The molecule has 0 spiro atoms. The molecule has 0 aromatic heterocycles. The zero-order chi connectivity index (χ0) is 38.9. The fourth-order valence-electron chi connectivity index (χ4n) is 11.3. The number of benzene rings is 8. The molecule has 0 heteroatoms. The SMILES string of the molecule is Cc1ccc(C2(c3ccc(C)cc3)c3cc(C)ccc3-c3ccc(-c4ccc5c(c4)C(c4ccc6c(c4)CC6)(c4ccc6c(c4)CC6)c4cc(C)ccc4-5)cc32)cc1. The highest BCUT2D eigenvalue weighted by Crippen LogP contribution is 2.60. The van der Waals surface area contributed by atoms with Gasteiger partial charge in [-0.15, -0.1) is 0 Å². The van der Waals surface area contributed by atoms with Crippen molar-refractivity contribution in [2.45, 2.75) is 64.2 Å². The molecule has 0 saturated carbocycles. The summed E-state index contributed by atoms with van der Waals surface area (Å²) in [4.78, 5) is 0. The van der Waals surface area contributed by atoms with Gasteiger partial charge in [-0.05, 0) is 166 Å². The monoisotopic (exact) mass is 742 g/mol. The zero-order valence-corrected chi connectivity index (χ0v) is 33.8. The van der Waals surface area contributed by atoms with Crippen molar-refractivity contribution in [3.63, 3.8) is 0 Å². The highest BCUT2D eigenvalue weighted by atomic mass is 14.5. The van der Waals surface area contributed by atoms with E-state index in [1.807, 2.05) is 0 Å². The van der Waals surface area contributed by atoms with Gasteiger partial charge in [-0.25, -0.2) is 0 Å². The van der Waals surface area contributed by atoms with Crippen LogP contribution in [0, 0.1) is 27.7 Å². The summed E-state index contributed by atoms with van der Waals surface area (Å²) in [6.45, 7) is 8.87. The number of rotatable bonds is 5. The van der Waals surface area contributed by atoms with Crippen molar-refractivity contribution in [2.24, 2.45) is 0 Å². The van der Waals surface area contributed by atoms with Gasteiger partial charge in [-0.1, -0.05) is 168 Å². The van der Waals surface area contributed by atoms with Gasteiger partial charge in [0.05, 0.1) is 10.8 Å². The van der Waals surface area contributed by atoms with E-state index in [-0.39, 0.29) is 0 Å². The van der Waals surface area contributed by atoms with Crippen LogP contribution in [-0.4, -0.2) is 0 Å². The Morgan fingerprint density at radius 1 is 0.276 bits per heavy atom. The summed E-state index contributed by atoms with van der Waals surface area (Å²) in [7, 11) is 0. The van der Waals surface area contributed by atoms with Gasteiger partial charge in [-0.3, -0.25) is 0 Å². The Morgan fingerprint density at radius 2 is 0.603 bits per heavy atom. The van der Waals surface area contributed by atoms with Crippen molar-refractivity contribution in [3.8, 4) is 33.4 Å². The molecular formula is C58H46. The number of hydrogen-bond acceptors (Lipinski definition) is 0. The van der Waals surface area contributed by atoms with E-state index < -0.39 is 10.8 Å². The Balaban J connectivity index is 1.13. The molecular weight excluding hydrogens is 697 g/mol. The molecule has 0 N–H and O–H groups in total. The quantitative estimate of drug-likeness (QED) is 0.165. The molecule has 0 heterocycles. The highest BCUT2D eigenvalue weighted by Gasteiger charge is 2.49. The molecule has 0 atom stereocenters. The smallest absolute Gasteiger partial charge is 0.0590 e. The van der Waals surface area contributed by atoms with E-state index in [2.05, 4.69) is 185 Å². The predicted octanol–water partition coefficient (Wildman–Crippen LogP) is 13.5. The van der Waals surface area contributed by atoms with Crippen LogP contribution in [0.5, 0.6) is 0 Å². The summed E-state index contributed by atoms with van der Waals surface area (Å²) < 4.78 is 0. The van der Waals surface area contributed by atoms with Gasteiger partial charge in [0.1, 0.15) is 0 Å². The second kappa shape index (κ2) is 12.1. The van der Waals surface area contributed by atoms with E-state index in [1.54, 1.807) is 0 Å². The fourth-order valence-corrected chi connectivity index (χ4v) is 11.3. The molecule has 4 aliphatic rings. The van der Waals surface area contributed by atoms with Crippen LogP contribution in [0.3, 0.4) is 0 Å². The topological polar surface area (TPSA) is 0 Å². The summed E-state index contributed by atoms with van der Waals surface area (Å²) in [5.74, 6) is 0. The average molecular weight is 743 g/mol. The van der Waals surface area contributed by atoms with E-state index in [9.17, 15) is 0 Å². The molecule has 0 radical (unpaired) electrons. The third kappa shape index (κ3) is 4.52. The minimum Gasteiger partial charge on any atom is -0.0590 e. The van der Waals surface area contributed by atoms with Crippen LogP contribution < -0.4 is 0 Å². The van der Waals surface area contributed by atoms with Crippen LogP contribution in [0.15, 0.2) is 158 Å². The van der Waals surface area contributed by atoms with E-state index in [1.165, 1.54) is 135 Å². The lowest BCUT2D eigenvalue weighted by Crippen LogP contribution is -2.30. The van der Waals surface area contributed by atoms with Gasteiger partial charge < -0.3 is 0 Å². The van der Waals surface area contributed by atoms with Gasteiger partial charge in [0.25, 0.3) is 0 Å². The maximum atomic E-state index is 2.57. The lowest BCUT2D eigenvalue weighted by Gasteiger charge is -2.37. The molecule has 0 fully saturated rings. The molecule has 58 heavy (non-hydrogen) atoms. The van der Waals surface area contributed by atoms with Crippen LogP contribution in [0.4, 0.5) is 0 Å². The molecule has 0 unspecified atom stereocenters. The zero-order valence-electron chi connectivity index (χ0n) is 33.8. The summed E-state index contributed by atoms with van der Waals surface area (Å²) >= 11 is 0. The van der Waals surface area contributed by atoms with Crippen LogP contribution in [0.2, 0.25) is 0 Å². The normalized spacial score (nSPS) is 15.6. The maximum Gasteiger partial charge on any atom is 0.0714 e. The molecule has 4 aliphatic carbocycles. The highest BCUT2D eigenvalue weighted by molar-refractivity contribution is 5.91. The van der Waals surface area contributed by atoms with Crippen molar-refractivity contribution < 1.29 is 0 Å². The largest absolute Gasteiger partial charge is 0.0714 e. The summed E-state index contributed by atoms with van der Waals surface area (Å²) in [6.07, 6.45) is 4.70. The predicted molar refractivity (Wildman–Crippen MR) is 240 cm³/mol. The van der Waals surface area contributed by atoms with Crippen molar-refractivity contribution in [3.05, 3.63) is 247 Å². The molecule has 0 amide bonds. The Bertz CT molecular complexity index is 2920. The van der Waals surface area contributed by atoms with Gasteiger partial charge >= 0.3 is 0 Å². The van der Waals surface area contributed by atoms with Gasteiger partial charge in [0.15, 0.2) is 0 Å². The van der Waals surface area contributed by atoms with Gasteiger partial charge in [0.2, 0.25) is 0 Å². The fraction of sp³-hybridized carbons (Fsp3) is 0.172. The molecule has 8 aromatic carbocycles. The van der Waals surface area contributed by atoms with Crippen molar-refractivity contribution in [1.82, 2.24) is 0 Å². The molecule has 0 bridgehead atoms. The Kier molecular flexibility index (Phi) is 7.09. The molecule has 0 nitrogen and oxygen atoms in total. The Hall–Kier alpha value is -6.24. The van der Waals surface area contributed by atoms with Gasteiger partial charge in [0, 0.05) is 0 Å². The van der Waals surface area contributed by atoms with E-state index >= 15 is 0 Å². The first-order chi connectivity index (χ1) is 28.3. The van der Waals surface area contributed by atoms with Gasteiger partial charge in [-0.2, -0.15) is 0 Å². The van der Waals surface area contributed by atoms with E-state index in [0.29, 0.717) is 0 Å². The third-order valence-corrected chi connectivity index (χ3v) is 14.5. The molecule has 0 aliphatic heterocycles. The van der Waals surface area contributed by atoms with Crippen molar-refractivity contribution in [2.75, 3.05) is 0 Å². The molecule has 278 valence electrons. The Labute approximate surface area is 342 Å². The second-order valence-corrected chi connectivity index (χ2v) is 17.8. The van der Waals surface area contributed by atoms with Crippen molar-refractivity contribution in [1.29, 1.82) is 0 Å². The summed E-state index contributed by atoms with van der Waals surface area (Å²) in [5, 5.41) is 0. The second-order valence-electron chi connectivity index (χ2n) is 17.8. The first-order valence-corrected chi connectivity index (χ1v) is 21.2. The Morgan fingerprint density at radius 3 is 0.983 bits per heavy atom. The van der Waals surface area contributed by atoms with Crippen LogP contribution >= 0.6 is 0 Å². The minimum absolute atomic E-state index is 0.417. The number of aryl methyl sites for hydroxylation is 8. The van der Waals surface area contributed by atoms with Crippen LogP contribution in [0.25, 0.3) is 33.4 Å². The summed E-state index contributed by atoms with van der Waals surface area (Å²) in [6, 6.07) is 62.5. The minimum atomic E-state index is -0.458. The standard InChI is InChI=1S/C58H46/c1-35-5-19-45(20-6-35)57(46-21-7-36(2)8-22-46)53-29-37(3)9-25-49(53)51-27-17-43(33-55(51)57)44-18-28-52-50-26-10-38(4)30-54(50)58(56(52)34-44,47-23-15-39-11-13-41(39)31-47)48-24-16-40-12-14-42(40)32-48/h5-10,15-34H,11-14H2,1-4H3. The average Bonchev–Trinajstić information content (AvgIpc) is 3.66.